The molecule has 2 unspecified atom stereocenters. The molecule has 0 aliphatic heterocycles. The van der Waals surface area contributed by atoms with Gasteiger partial charge in [-0.1, -0.05) is 20.3 Å². The minimum Gasteiger partial charge on any atom is -0.481 e. The molecule has 0 saturated heterocycles. The van der Waals surface area contributed by atoms with E-state index in [1.165, 1.54) is 0 Å². The SMILES string of the molecule is CC(CC(=O)O)NC(=O)NC1CCCC1(C)C. The molecule has 0 aromatic carbocycles. The lowest BCUT2D eigenvalue weighted by atomic mass is 9.87. The fourth-order valence-corrected chi connectivity index (χ4v) is 2.33. The van der Waals surface area contributed by atoms with Crippen LogP contribution in [0.15, 0.2) is 0 Å². The van der Waals surface area contributed by atoms with E-state index in [9.17, 15) is 9.59 Å². The van der Waals surface area contributed by atoms with Gasteiger partial charge < -0.3 is 15.7 Å². The Morgan fingerprint density at radius 3 is 2.59 bits per heavy atom. The molecule has 1 aliphatic rings. The van der Waals surface area contributed by atoms with Gasteiger partial charge in [-0.2, -0.15) is 0 Å². The molecule has 2 atom stereocenters. The highest BCUT2D eigenvalue weighted by atomic mass is 16.4. The zero-order valence-electron chi connectivity index (χ0n) is 10.7. The number of carbonyl (C=O) groups excluding carboxylic acids is 1. The number of nitrogens with one attached hydrogen (secondary N) is 2. The first-order valence-electron chi connectivity index (χ1n) is 6.10. The number of hydrogen-bond donors (Lipinski definition) is 3. The quantitative estimate of drug-likeness (QED) is 0.702. The van der Waals surface area contributed by atoms with Crippen LogP contribution in [0.4, 0.5) is 4.79 Å². The lowest BCUT2D eigenvalue weighted by Gasteiger charge is -2.28. The Hall–Kier alpha value is -1.26. The van der Waals surface area contributed by atoms with E-state index in [1.54, 1.807) is 6.92 Å². The van der Waals surface area contributed by atoms with Crippen molar-refractivity contribution in [1.82, 2.24) is 10.6 Å². The predicted molar refractivity (Wildman–Crippen MR) is 64.8 cm³/mol. The van der Waals surface area contributed by atoms with Crippen LogP contribution in [0.1, 0.15) is 46.5 Å². The molecule has 0 radical (unpaired) electrons. The minimum absolute atomic E-state index is 0.0541. The smallest absolute Gasteiger partial charge is 0.315 e. The van der Waals surface area contributed by atoms with E-state index in [0.29, 0.717) is 0 Å². The zero-order chi connectivity index (χ0) is 13.1. The van der Waals surface area contributed by atoms with Crippen molar-refractivity contribution in [2.75, 3.05) is 0 Å². The van der Waals surface area contributed by atoms with Crippen molar-refractivity contribution in [3.8, 4) is 0 Å². The van der Waals surface area contributed by atoms with Gasteiger partial charge in [0.1, 0.15) is 0 Å². The number of rotatable bonds is 4. The van der Waals surface area contributed by atoms with Gasteiger partial charge >= 0.3 is 12.0 Å². The molecule has 1 aliphatic carbocycles. The molecule has 98 valence electrons. The Bertz CT molecular complexity index is 302. The lowest BCUT2D eigenvalue weighted by Crippen LogP contribution is -2.49. The van der Waals surface area contributed by atoms with Gasteiger partial charge in [0.15, 0.2) is 0 Å². The summed E-state index contributed by atoms with van der Waals surface area (Å²) in [5.41, 5.74) is 0.132. The van der Waals surface area contributed by atoms with Gasteiger partial charge in [0.25, 0.3) is 0 Å². The molecule has 2 amide bonds. The summed E-state index contributed by atoms with van der Waals surface area (Å²) in [4.78, 5) is 22.1. The molecular formula is C12H22N2O3. The van der Waals surface area contributed by atoms with Crippen molar-refractivity contribution in [2.24, 2.45) is 5.41 Å². The van der Waals surface area contributed by atoms with Gasteiger partial charge in [-0.3, -0.25) is 4.79 Å². The standard InChI is InChI=1S/C12H22N2O3/c1-8(7-10(15)16)13-11(17)14-9-5-4-6-12(9,2)3/h8-9H,4-7H2,1-3H3,(H,15,16)(H2,13,14,17). The predicted octanol–water partition coefficient (Wildman–Crippen LogP) is 1.73. The van der Waals surface area contributed by atoms with Crippen LogP contribution in [0.5, 0.6) is 0 Å². The van der Waals surface area contributed by atoms with E-state index in [0.717, 1.165) is 19.3 Å². The molecule has 1 saturated carbocycles. The molecule has 5 heteroatoms. The van der Waals surface area contributed by atoms with Gasteiger partial charge in [0.05, 0.1) is 6.42 Å². The second-order valence-corrected chi connectivity index (χ2v) is 5.55. The second-order valence-electron chi connectivity index (χ2n) is 5.55. The summed E-state index contributed by atoms with van der Waals surface area (Å²) < 4.78 is 0. The normalized spacial score (nSPS) is 24.1. The van der Waals surface area contributed by atoms with Gasteiger partial charge in [-0.05, 0) is 25.2 Å². The molecule has 0 bridgehead atoms. The first-order chi connectivity index (χ1) is 7.81. The molecule has 1 rings (SSSR count). The molecule has 3 N–H and O–H groups in total. The first kappa shape index (κ1) is 13.8. The summed E-state index contributed by atoms with van der Waals surface area (Å²) in [6, 6.07) is -0.435. The van der Waals surface area contributed by atoms with Gasteiger partial charge in [-0.25, -0.2) is 4.79 Å². The Kier molecular flexibility index (Phi) is 4.37. The van der Waals surface area contributed by atoms with Gasteiger partial charge in [0.2, 0.25) is 0 Å². The summed E-state index contributed by atoms with van der Waals surface area (Å²) >= 11 is 0. The fraction of sp³-hybridized carbons (Fsp3) is 0.833. The summed E-state index contributed by atoms with van der Waals surface area (Å²) in [5.74, 6) is -0.904. The van der Waals surface area contributed by atoms with Crippen molar-refractivity contribution >= 4 is 12.0 Å². The number of hydrogen-bond acceptors (Lipinski definition) is 2. The summed E-state index contributed by atoms with van der Waals surface area (Å²) in [6.07, 6.45) is 3.18. The monoisotopic (exact) mass is 242 g/mol. The van der Waals surface area contributed by atoms with Crippen molar-refractivity contribution in [3.63, 3.8) is 0 Å². The van der Waals surface area contributed by atoms with Gasteiger partial charge in [0, 0.05) is 12.1 Å². The number of amides is 2. The number of carbonyl (C=O) groups is 2. The molecular weight excluding hydrogens is 220 g/mol. The lowest BCUT2D eigenvalue weighted by molar-refractivity contribution is -0.137. The maximum Gasteiger partial charge on any atom is 0.315 e. The third kappa shape index (κ3) is 4.24. The van der Waals surface area contributed by atoms with E-state index in [2.05, 4.69) is 24.5 Å². The summed E-state index contributed by atoms with van der Waals surface area (Å²) in [5, 5.41) is 14.2. The highest BCUT2D eigenvalue weighted by Gasteiger charge is 2.35. The van der Waals surface area contributed by atoms with E-state index in [-0.39, 0.29) is 30.0 Å². The van der Waals surface area contributed by atoms with E-state index >= 15 is 0 Å². The van der Waals surface area contributed by atoms with Crippen molar-refractivity contribution in [1.29, 1.82) is 0 Å². The molecule has 5 nitrogen and oxygen atoms in total. The molecule has 1 fully saturated rings. The third-order valence-electron chi connectivity index (χ3n) is 3.42. The van der Waals surface area contributed by atoms with Crippen molar-refractivity contribution in [3.05, 3.63) is 0 Å². The van der Waals surface area contributed by atoms with Crippen LogP contribution in [0.2, 0.25) is 0 Å². The van der Waals surface area contributed by atoms with E-state index in [1.807, 2.05) is 0 Å². The molecule has 0 aromatic rings. The van der Waals surface area contributed by atoms with Crippen LogP contribution in [-0.4, -0.2) is 29.2 Å². The topological polar surface area (TPSA) is 78.4 Å². The van der Waals surface area contributed by atoms with Crippen LogP contribution >= 0.6 is 0 Å². The highest BCUT2D eigenvalue weighted by molar-refractivity contribution is 5.76. The van der Waals surface area contributed by atoms with E-state index < -0.39 is 5.97 Å². The van der Waals surface area contributed by atoms with E-state index in [4.69, 9.17) is 5.11 Å². The van der Waals surface area contributed by atoms with Crippen LogP contribution in [0.3, 0.4) is 0 Å². The largest absolute Gasteiger partial charge is 0.481 e. The summed E-state index contributed by atoms with van der Waals surface area (Å²) in [7, 11) is 0. The number of aliphatic carboxylic acids is 1. The average molecular weight is 242 g/mol. The second kappa shape index (κ2) is 5.38. The Morgan fingerprint density at radius 2 is 2.12 bits per heavy atom. The molecule has 0 heterocycles. The molecule has 0 spiro atoms. The number of carboxylic acid groups (broad SMARTS) is 1. The maximum atomic E-state index is 11.7. The summed E-state index contributed by atoms with van der Waals surface area (Å²) in [6.45, 7) is 5.98. The third-order valence-corrected chi connectivity index (χ3v) is 3.42. The Labute approximate surface area is 102 Å². The Morgan fingerprint density at radius 1 is 1.47 bits per heavy atom. The highest BCUT2D eigenvalue weighted by Crippen LogP contribution is 2.36. The first-order valence-corrected chi connectivity index (χ1v) is 6.10. The Balaban J connectivity index is 2.37. The van der Waals surface area contributed by atoms with Crippen LogP contribution < -0.4 is 10.6 Å². The van der Waals surface area contributed by atoms with Crippen molar-refractivity contribution in [2.45, 2.75) is 58.5 Å². The minimum atomic E-state index is -0.904. The van der Waals surface area contributed by atoms with Crippen LogP contribution in [0.25, 0.3) is 0 Å². The zero-order valence-corrected chi connectivity index (χ0v) is 10.7. The fourth-order valence-electron chi connectivity index (χ4n) is 2.33. The molecule has 17 heavy (non-hydrogen) atoms. The van der Waals surface area contributed by atoms with Crippen LogP contribution in [-0.2, 0) is 4.79 Å². The molecule has 0 aromatic heterocycles. The number of urea groups is 1. The van der Waals surface area contributed by atoms with Crippen molar-refractivity contribution < 1.29 is 14.7 Å². The number of carboxylic acids is 1. The maximum absolute atomic E-state index is 11.7. The average Bonchev–Trinajstić information content (AvgIpc) is 2.43. The van der Waals surface area contributed by atoms with Gasteiger partial charge in [-0.15, -0.1) is 0 Å². The van der Waals surface area contributed by atoms with Crippen LogP contribution in [0, 0.1) is 5.41 Å².